The van der Waals surface area contributed by atoms with Gasteiger partial charge >= 0.3 is 5.97 Å². The topological polar surface area (TPSA) is 66.4 Å². The largest absolute Gasteiger partial charge is 0.480 e. The summed E-state index contributed by atoms with van der Waals surface area (Å²) < 4.78 is 0. The van der Waals surface area contributed by atoms with Crippen LogP contribution in [-0.2, 0) is 9.59 Å². The molecule has 4 unspecified atom stereocenters. The molecule has 2 aliphatic carbocycles. The third kappa shape index (κ3) is 1.98. The van der Waals surface area contributed by atoms with Gasteiger partial charge in [0.25, 0.3) is 0 Å². The van der Waals surface area contributed by atoms with Gasteiger partial charge in [-0.3, -0.25) is 4.79 Å². The zero-order valence-electron chi connectivity index (χ0n) is 8.90. The van der Waals surface area contributed by atoms with Crippen molar-refractivity contribution in [2.24, 2.45) is 17.8 Å². The number of amides is 1. The summed E-state index contributed by atoms with van der Waals surface area (Å²) in [5.74, 6) is 0.247. The summed E-state index contributed by atoms with van der Waals surface area (Å²) in [5, 5.41) is 11.7. The minimum absolute atomic E-state index is 0.158. The van der Waals surface area contributed by atoms with E-state index in [9.17, 15) is 9.59 Å². The van der Waals surface area contributed by atoms with Gasteiger partial charge in [-0.2, -0.15) is 0 Å². The number of rotatable bonds is 3. The number of carboxylic acid groups (broad SMARTS) is 1. The summed E-state index contributed by atoms with van der Waals surface area (Å²) in [6, 6.07) is -0.669. The molecule has 84 valence electrons. The Hall–Kier alpha value is -1.06. The number of aliphatic carboxylic acids is 1. The first-order chi connectivity index (χ1) is 7.08. The Morgan fingerprint density at radius 2 is 2.07 bits per heavy atom. The summed E-state index contributed by atoms with van der Waals surface area (Å²) in [7, 11) is 0. The van der Waals surface area contributed by atoms with E-state index in [0.717, 1.165) is 19.3 Å². The summed E-state index contributed by atoms with van der Waals surface area (Å²) >= 11 is 0. The highest BCUT2D eigenvalue weighted by atomic mass is 16.4. The lowest BCUT2D eigenvalue weighted by Crippen LogP contribution is -2.46. The first-order valence-electron chi connectivity index (χ1n) is 5.58. The summed E-state index contributed by atoms with van der Waals surface area (Å²) in [4.78, 5) is 22.0. The van der Waals surface area contributed by atoms with Crippen LogP contribution in [0.3, 0.4) is 0 Å². The highest BCUT2D eigenvalue weighted by molar-refractivity contribution is 5.82. The van der Waals surface area contributed by atoms with Crippen LogP contribution in [0.5, 0.6) is 0 Å². The molecule has 2 aliphatic rings. The average Bonchev–Trinajstić information content (AvgIpc) is 2.73. The number of hydrogen-bond acceptors (Lipinski definition) is 2. The molecule has 0 heterocycles. The number of hydrogen-bond donors (Lipinski definition) is 2. The van der Waals surface area contributed by atoms with Crippen LogP contribution < -0.4 is 5.32 Å². The first kappa shape index (κ1) is 10.5. The van der Waals surface area contributed by atoms with Gasteiger partial charge < -0.3 is 10.4 Å². The molecule has 2 rings (SSSR count). The molecule has 0 aliphatic heterocycles. The average molecular weight is 211 g/mol. The van der Waals surface area contributed by atoms with Crippen molar-refractivity contribution in [3.63, 3.8) is 0 Å². The van der Waals surface area contributed by atoms with Gasteiger partial charge in [0.1, 0.15) is 6.04 Å². The fourth-order valence-electron chi connectivity index (χ4n) is 3.27. The molecule has 2 N–H and O–H groups in total. The number of nitrogens with one attached hydrogen (secondary N) is 1. The summed E-state index contributed by atoms with van der Waals surface area (Å²) in [6.45, 7) is 1.38. The van der Waals surface area contributed by atoms with Gasteiger partial charge in [-0.15, -0.1) is 0 Å². The molecule has 4 heteroatoms. The van der Waals surface area contributed by atoms with Gasteiger partial charge in [-0.25, -0.2) is 4.79 Å². The molecule has 4 atom stereocenters. The molecule has 0 radical (unpaired) electrons. The maximum Gasteiger partial charge on any atom is 0.326 e. The van der Waals surface area contributed by atoms with Crippen LogP contribution in [-0.4, -0.2) is 23.0 Å². The lowest BCUT2D eigenvalue weighted by atomic mass is 9.83. The molecule has 0 aromatic carbocycles. The Morgan fingerprint density at radius 1 is 1.33 bits per heavy atom. The van der Waals surface area contributed by atoms with E-state index in [2.05, 4.69) is 5.32 Å². The van der Waals surface area contributed by atoms with Gasteiger partial charge in [0.2, 0.25) is 5.91 Å². The minimum atomic E-state index is -0.886. The van der Waals surface area contributed by atoms with E-state index in [1.807, 2.05) is 0 Å². The molecule has 2 bridgehead atoms. The summed E-state index contributed by atoms with van der Waals surface area (Å²) in [5.41, 5.74) is 0. The Bertz CT molecular complexity index is 290. The van der Waals surface area contributed by atoms with E-state index < -0.39 is 12.0 Å². The van der Waals surface area contributed by atoms with Crippen molar-refractivity contribution in [1.82, 2.24) is 5.32 Å². The van der Waals surface area contributed by atoms with Crippen molar-refractivity contribution in [3.8, 4) is 0 Å². The van der Waals surface area contributed by atoms with Gasteiger partial charge in [-0.1, -0.05) is 6.42 Å². The van der Waals surface area contributed by atoms with Crippen molar-refractivity contribution in [2.75, 3.05) is 0 Å². The number of carboxylic acids is 1. The highest BCUT2D eigenvalue weighted by Crippen LogP contribution is 2.49. The maximum atomic E-state index is 11.1. The second kappa shape index (κ2) is 3.83. The molecule has 2 saturated carbocycles. The fraction of sp³-hybridized carbons (Fsp3) is 0.818. The van der Waals surface area contributed by atoms with Gasteiger partial charge in [0, 0.05) is 6.92 Å². The molecule has 0 saturated heterocycles. The Morgan fingerprint density at radius 3 is 2.47 bits per heavy atom. The zero-order chi connectivity index (χ0) is 11.0. The molecule has 0 aromatic heterocycles. The highest BCUT2D eigenvalue weighted by Gasteiger charge is 2.45. The third-order valence-electron chi connectivity index (χ3n) is 3.85. The van der Waals surface area contributed by atoms with Crippen molar-refractivity contribution >= 4 is 11.9 Å². The van der Waals surface area contributed by atoms with E-state index in [-0.39, 0.29) is 11.8 Å². The molecule has 15 heavy (non-hydrogen) atoms. The Kier molecular flexibility index (Phi) is 2.67. The lowest BCUT2D eigenvalue weighted by Gasteiger charge is -2.27. The summed E-state index contributed by atoms with van der Waals surface area (Å²) in [6.07, 6.45) is 4.52. The van der Waals surface area contributed by atoms with E-state index in [0.29, 0.717) is 11.8 Å². The van der Waals surface area contributed by atoms with E-state index in [4.69, 9.17) is 5.11 Å². The second-order valence-electron chi connectivity index (χ2n) is 4.86. The van der Waals surface area contributed by atoms with E-state index in [1.165, 1.54) is 13.3 Å². The normalized spacial score (nSPS) is 35.1. The molecular weight excluding hydrogens is 194 g/mol. The second-order valence-corrected chi connectivity index (χ2v) is 4.86. The van der Waals surface area contributed by atoms with Gasteiger partial charge in [-0.05, 0) is 37.0 Å². The number of carbonyl (C=O) groups is 2. The predicted molar refractivity (Wildman–Crippen MR) is 54.2 cm³/mol. The monoisotopic (exact) mass is 211 g/mol. The minimum Gasteiger partial charge on any atom is -0.480 e. The van der Waals surface area contributed by atoms with E-state index in [1.54, 1.807) is 0 Å². The van der Waals surface area contributed by atoms with Gasteiger partial charge in [0.15, 0.2) is 0 Å². The number of carbonyl (C=O) groups excluding carboxylic acids is 1. The maximum absolute atomic E-state index is 11.1. The smallest absolute Gasteiger partial charge is 0.326 e. The molecule has 4 nitrogen and oxygen atoms in total. The Labute approximate surface area is 89.0 Å². The quantitative estimate of drug-likeness (QED) is 0.732. The van der Waals surface area contributed by atoms with Crippen LogP contribution in [0.15, 0.2) is 0 Å². The SMILES string of the molecule is CC(=O)NC(C(=O)O)C1CC2CCC1C2. The van der Waals surface area contributed by atoms with Crippen molar-refractivity contribution < 1.29 is 14.7 Å². The van der Waals surface area contributed by atoms with Crippen LogP contribution >= 0.6 is 0 Å². The third-order valence-corrected chi connectivity index (χ3v) is 3.85. The standard InChI is InChI=1S/C11H17NO3/c1-6(13)12-10(11(14)15)9-5-7-2-3-8(9)4-7/h7-10H,2-5H2,1H3,(H,12,13)(H,14,15). The van der Waals surface area contributed by atoms with Crippen LogP contribution in [0, 0.1) is 17.8 Å². The lowest BCUT2D eigenvalue weighted by molar-refractivity contribution is -0.143. The van der Waals surface area contributed by atoms with Crippen LogP contribution in [0.2, 0.25) is 0 Å². The number of fused-ring (bicyclic) bond motifs is 2. The van der Waals surface area contributed by atoms with Crippen LogP contribution in [0.4, 0.5) is 0 Å². The molecule has 0 spiro atoms. The fourth-order valence-corrected chi connectivity index (χ4v) is 3.27. The molecular formula is C11H17NO3. The van der Waals surface area contributed by atoms with Crippen molar-refractivity contribution in [1.29, 1.82) is 0 Å². The van der Waals surface area contributed by atoms with Crippen molar-refractivity contribution in [2.45, 2.75) is 38.6 Å². The molecule has 0 aromatic rings. The zero-order valence-corrected chi connectivity index (χ0v) is 8.90. The van der Waals surface area contributed by atoms with Crippen molar-refractivity contribution in [3.05, 3.63) is 0 Å². The first-order valence-corrected chi connectivity index (χ1v) is 5.58. The van der Waals surface area contributed by atoms with E-state index >= 15 is 0 Å². The van der Waals surface area contributed by atoms with Gasteiger partial charge in [0.05, 0.1) is 0 Å². The van der Waals surface area contributed by atoms with Crippen LogP contribution in [0.1, 0.15) is 32.6 Å². The van der Waals surface area contributed by atoms with Crippen LogP contribution in [0.25, 0.3) is 0 Å². The Balaban J connectivity index is 2.05. The molecule has 2 fully saturated rings. The predicted octanol–water partition coefficient (Wildman–Crippen LogP) is 1.01. The molecule has 1 amide bonds.